The van der Waals surface area contributed by atoms with E-state index in [-0.39, 0.29) is 0 Å². The minimum absolute atomic E-state index is 0.869. The van der Waals surface area contributed by atoms with Crippen molar-refractivity contribution in [3.63, 3.8) is 0 Å². The number of alkyl halides is 1. The highest BCUT2D eigenvalue weighted by Crippen LogP contribution is 2.17. The van der Waals surface area contributed by atoms with Crippen molar-refractivity contribution in [1.82, 2.24) is 4.98 Å². The Hall–Kier alpha value is -0.890. The first kappa shape index (κ1) is 10.6. The van der Waals surface area contributed by atoms with E-state index in [1.807, 2.05) is 6.20 Å². The molecular weight excluding hydrogens is 250 g/mol. The lowest BCUT2D eigenvalue weighted by Crippen LogP contribution is -1.87. The van der Waals surface area contributed by atoms with Gasteiger partial charge in [0.05, 0.1) is 5.52 Å². The summed E-state index contributed by atoms with van der Waals surface area (Å²) in [5, 5.41) is 2.12. The van der Waals surface area contributed by atoms with Gasteiger partial charge in [0.25, 0.3) is 0 Å². The molecule has 0 aliphatic rings. The summed E-state index contributed by atoms with van der Waals surface area (Å²) in [4.78, 5) is 4.42. The van der Waals surface area contributed by atoms with Gasteiger partial charge in [0.2, 0.25) is 0 Å². The molecule has 0 bridgehead atoms. The van der Waals surface area contributed by atoms with Gasteiger partial charge in [-0.05, 0) is 35.7 Å². The number of aromatic nitrogens is 1. The zero-order valence-electron chi connectivity index (χ0n) is 8.83. The second-order valence-corrected chi connectivity index (χ2v) is 4.31. The third kappa shape index (κ3) is 2.37. The van der Waals surface area contributed by atoms with Gasteiger partial charge in [-0.25, -0.2) is 0 Å². The average molecular weight is 264 g/mol. The highest BCUT2D eigenvalue weighted by Gasteiger charge is 1.98. The molecule has 1 aromatic heterocycles. The molecule has 0 aliphatic carbocycles. The van der Waals surface area contributed by atoms with Crippen LogP contribution >= 0.6 is 15.9 Å². The molecule has 0 fully saturated rings. The SMILES string of the molecule is CCCc1ccc2ncc(CBr)cc2c1. The molecular formula is C13H14BrN. The first-order valence-electron chi connectivity index (χ1n) is 5.27. The van der Waals surface area contributed by atoms with Crippen molar-refractivity contribution in [3.8, 4) is 0 Å². The number of nitrogens with zero attached hydrogens (tertiary/aromatic N) is 1. The van der Waals surface area contributed by atoms with Gasteiger partial charge < -0.3 is 0 Å². The Morgan fingerprint density at radius 1 is 1.20 bits per heavy atom. The average Bonchev–Trinajstić information content (AvgIpc) is 2.28. The van der Waals surface area contributed by atoms with Crippen molar-refractivity contribution >= 4 is 26.8 Å². The zero-order chi connectivity index (χ0) is 10.7. The molecule has 0 atom stereocenters. The van der Waals surface area contributed by atoms with E-state index in [9.17, 15) is 0 Å². The van der Waals surface area contributed by atoms with Crippen molar-refractivity contribution < 1.29 is 0 Å². The van der Waals surface area contributed by atoms with E-state index < -0.39 is 0 Å². The molecule has 0 N–H and O–H groups in total. The van der Waals surface area contributed by atoms with Crippen molar-refractivity contribution in [2.24, 2.45) is 0 Å². The van der Waals surface area contributed by atoms with Crippen LogP contribution < -0.4 is 0 Å². The summed E-state index contributed by atoms with van der Waals surface area (Å²) in [5.74, 6) is 0. The van der Waals surface area contributed by atoms with E-state index in [2.05, 4.69) is 52.1 Å². The summed E-state index contributed by atoms with van der Waals surface area (Å²) in [6.45, 7) is 2.21. The van der Waals surface area contributed by atoms with E-state index in [4.69, 9.17) is 0 Å². The van der Waals surface area contributed by atoms with Crippen LogP contribution in [-0.2, 0) is 11.8 Å². The van der Waals surface area contributed by atoms with Gasteiger partial charge in [-0.2, -0.15) is 0 Å². The summed E-state index contributed by atoms with van der Waals surface area (Å²) in [5.41, 5.74) is 3.72. The van der Waals surface area contributed by atoms with Gasteiger partial charge in [0, 0.05) is 16.9 Å². The molecule has 0 saturated heterocycles. The van der Waals surface area contributed by atoms with Crippen LogP contribution in [0.1, 0.15) is 24.5 Å². The molecule has 2 rings (SSSR count). The van der Waals surface area contributed by atoms with Gasteiger partial charge >= 0.3 is 0 Å². The summed E-state index contributed by atoms with van der Waals surface area (Å²) < 4.78 is 0. The Kier molecular flexibility index (Phi) is 3.37. The smallest absolute Gasteiger partial charge is 0.0702 e. The fraction of sp³-hybridized carbons (Fsp3) is 0.308. The van der Waals surface area contributed by atoms with Crippen LogP contribution in [0.4, 0.5) is 0 Å². The minimum atomic E-state index is 0.869. The summed E-state index contributed by atoms with van der Waals surface area (Å²) in [6.07, 6.45) is 4.27. The third-order valence-electron chi connectivity index (χ3n) is 2.50. The molecule has 2 aromatic rings. The molecule has 0 radical (unpaired) electrons. The largest absolute Gasteiger partial charge is 0.256 e. The predicted octanol–water partition coefficient (Wildman–Crippen LogP) is 4.08. The first-order valence-corrected chi connectivity index (χ1v) is 6.39. The zero-order valence-corrected chi connectivity index (χ0v) is 10.4. The monoisotopic (exact) mass is 263 g/mol. The molecule has 1 nitrogen and oxygen atoms in total. The molecule has 0 amide bonds. The highest BCUT2D eigenvalue weighted by atomic mass is 79.9. The maximum Gasteiger partial charge on any atom is 0.0702 e. The van der Waals surface area contributed by atoms with Crippen LogP contribution in [0.2, 0.25) is 0 Å². The normalized spacial score (nSPS) is 10.8. The molecule has 78 valence electrons. The van der Waals surface area contributed by atoms with Gasteiger partial charge in [-0.3, -0.25) is 4.98 Å². The van der Waals surface area contributed by atoms with E-state index in [1.165, 1.54) is 22.9 Å². The van der Waals surface area contributed by atoms with Crippen molar-refractivity contribution in [2.75, 3.05) is 0 Å². The third-order valence-corrected chi connectivity index (χ3v) is 3.14. The second-order valence-electron chi connectivity index (χ2n) is 3.75. The molecule has 1 aromatic carbocycles. The molecule has 0 spiro atoms. The van der Waals surface area contributed by atoms with Crippen molar-refractivity contribution in [3.05, 3.63) is 41.6 Å². The molecule has 0 saturated carbocycles. The van der Waals surface area contributed by atoms with Crippen LogP contribution in [0.5, 0.6) is 0 Å². The fourth-order valence-electron chi connectivity index (χ4n) is 1.74. The summed E-state index contributed by atoms with van der Waals surface area (Å²) in [7, 11) is 0. The van der Waals surface area contributed by atoms with Crippen molar-refractivity contribution in [1.29, 1.82) is 0 Å². The van der Waals surface area contributed by atoms with E-state index in [0.717, 1.165) is 17.3 Å². The number of benzene rings is 1. The number of halogens is 1. The first-order chi connectivity index (χ1) is 7.33. The van der Waals surface area contributed by atoms with Crippen LogP contribution in [0.25, 0.3) is 10.9 Å². The van der Waals surface area contributed by atoms with E-state index in [1.54, 1.807) is 0 Å². The van der Waals surface area contributed by atoms with Gasteiger partial charge in [-0.15, -0.1) is 0 Å². The number of hydrogen-bond donors (Lipinski definition) is 0. The molecule has 0 aliphatic heterocycles. The topological polar surface area (TPSA) is 12.9 Å². The van der Waals surface area contributed by atoms with Crippen molar-refractivity contribution in [2.45, 2.75) is 25.1 Å². The van der Waals surface area contributed by atoms with Crippen LogP contribution in [0.15, 0.2) is 30.5 Å². The number of hydrogen-bond acceptors (Lipinski definition) is 1. The number of pyridine rings is 1. The quantitative estimate of drug-likeness (QED) is 0.761. The van der Waals surface area contributed by atoms with Gasteiger partial charge in [0.15, 0.2) is 0 Å². The number of rotatable bonds is 3. The van der Waals surface area contributed by atoms with Gasteiger partial charge in [0.1, 0.15) is 0 Å². The van der Waals surface area contributed by atoms with Crippen LogP contribution in [-0.4, -0.2) is 4.98 Å². The van der Waals surface area contributed by atoms with Gasteiger partial charge in [-0.1, -0.05) is 35.3 Å². The molecule has 0 unspecified atom stereocenters. The van der Waals surface area contributed by atoms with Crippen LogP contribution in [0.3, 0.4) is 0 Å². The fourth-order valence-corrected chi connectivity index (χ4v) is 2.05. The number of aryl methyl sites for hydroxylation is 1. The maximum atomic E-state index is 4.42. The summed E-state index contributed by atoms with van der Waals surface area (Å²) in [6, 6.07) is 8.74. The molecule has 2 heteroatoms. The standard InChI is InChI=1S/C13H14BrN/c1-2-3-10-4-5-13-12(6-10)7-11(8-14)9-15-13/h4-7,9H,2-3,8H2,1H3. The Labute approximate surface area is 98.7 Å². The minimum Gasteiger partial charge on any atom is -0.256 e. The van der Waals surface area contributed by atoms with Crippen LogP contribution in [0, 0.1) is 0 Å². The molecule has 1 heterocycles. The highest BCUT2D eigenvalue weighted by molar-refractivity contribution is 9.08. The Balaban J connectivity index is 2.48. The lowest BCUT2D eigenvalue weighted by atomic mass is 10.1. The predicted molar refractivity (Wildman–Crippen MR) is 68.4 cm³/mol. The lowest BCUT2D eigenvalue weighted by Gasteiger charge is -2.03. The van der Waals surface area contributed by atoms with E-state index in [0.29, 0.717) is 0 Å². The summed E-state index contributed by atoms with van der Waals surface area (Å²) >= 11 is 3.45. The molecule has 15 heavy (non-hydrogen) atoms. The number of fused-ring (bicyclic) bond motifs is 1. The maximum absolute atomic E-state index is 4.42. The Morgan fingerprint density at radius 3 is 2.73 bits per heavy atom. The Bertz CT molecular complexity index is 465. The second kappa shape index (κ2) is 4.75. The lowest BCUT2D eigenvalue weighted by molar-refractivity contribution is 0.923. The Morgan fingerprint density at radius 2 is 2.00 bits per heavy atom. The van der Waals surface area contributed by atoms with E-state index >= 15 is 0 Å².